The van der Waals surface area contributed by atoms with E-state index in [1.165, 1.54) is 5.56 Å². The van der Waals surface area contributed by atoms with Gasteiger partial charge >= 0.3 is 0 Å². The fraction of sp³-hybridized carbons (Fsp3) is 0.235. The molecular weight excluding hydrogens is 236 g/mol. The van der Waals surface area contributed by atoms with E-state index in [4.69, 9.17) is 4.74 Å². The molecule has 98 valence electrons. The molecule has 0 saturated carbocycles. The zero-order chi connectivity index (χ0) is 13.5. The number of rotatable bonds is 6. The van der Waals surface area contributed by atoms with E-state index in [-0.39, 0.29) is 0 Å². The van der Waals surface area contributed by atoms with Gasteiger partial charge in [-0.15, -0.1) is 0 Å². The number of hydrogen-bond donors (Lipinski definition) is 0. The third-order valence-corrected chi connectivity index (χ3v) is 2.96. The highest BCUT2D eigenvalue weighted by molar-refractivity contribution is 5.49. The molecule has 2 aromatic carbocycles. The first kappa shape index (κ1) is 13.3. The smallest absolute Gasteiger partial charge is 0.127 e. The highest BCUT2D eigenvalue weighted by atomic mass is 16.5. The highest BCUT2D eigenvalue weighted by Gasteiger charge is 2.04. The Bertz CT molecular complexity index is 520. The summed E-state index contributed by atoms with van der Waals surface area (Å²) in [6.45, 7) is 2.08. The van der Waals surface area contributed by atoms with Crippen molar-refractivity contribution in [2.45, 2.75) is 19.8 Å². The van der Waals surface area contributed by atoms with Crippen molar-refractivity contribution < 1.29 is 9.53 Å². The predicted molar refractivity (Wildman–Crippen MR) is 76.5 cm³/mol. The van der Waals surface area contributed by atoms with Gasteiger partial charge in [-0.1, -0.05) is 37.3 Å². The summed E-state index contributed by atoms with van der Waals surface area (Å²) in [5.41, 5.74) is 1.20. The van der Waals surface area contributed by atoms with Gasteiger partial charge in [0.15, 0.2) is 0 Å². The summed E-state index contributed by atoms with van der Waals surface area (Å²) in [5.74, 6) is 2.03. The fourth-order valence-corrected chi connectivity index (χ4v) is 2.01. The van der Waals surface area contributed by atoms with Crippen LogP contribution in [0, 0.1) is 5.92 Å². The van der Waals surface area contributed by atoms with E-state index in [9.17, 15) is 4.79 Å². The van der Waals surface area contributed by atoms with Gasteiger partial charge < -0.3 is 9.53 Å². The lowest BCUT2D eigenvalue weighted by atomic mass is 9.99. The van der Waals surface area contributed by atoms with Gasteiger partial charge in [0.1, 0.15) is 17.8 Å². The molecule has 0 saturated heterocycles. The number of benzene rings is 2. The van der Waals surface area contributed by atoms with Crippen molar-refractivity contribution in [3.05, 3.63) is 60.2 Å². The average molecular weight is 254 g/mol. The molecule has 0 spiro atoms. The van der Waals surface area contributed by atoms with Crippen LogP contribution in [0.2, 0.25) is 0 Å². The molecule has 0 aliphatic rings. The maximum absolute atomic E-state index is 10.5. The van der Waals surface area contributed by atoms with Gasteiger partial charge in [-0.3, -0.25) is 0 Å². The molecule has 0 aliphatic heterocycles. The van der Waals surface area contributed by atoms with Crippen LogP contribution in [0.25, 0.3) is 0 Å². The van der Waals surface area contributed by atoms with Crippen LogP contribution in [-0.2, 0) is 11.2 Å². The topological polar surface area (TPSA) is 26.3 Å². The fourth-order valence-electron chi connectivity index (χ4n) is 2.01. The number of carbonyl (C=O) groups is 1. The summed E-state index contributed by atoms with van der Waals surface area (Å²) in [7, 11) is 0. The normalized spacial score (nSPS) is 11.8. The zero-order valence-electron chi connectivity index (χ0n) is 11.1. The summed E-state index contributed by atoms with van der Waals surface area (Å²) in [4.78, 5) is 10.5. The average Bonchev–Trinajstić information content (AvgIpc) is 2.40. The Morgan fingerprint density at radius 3 is 2.53 bits per heavy atom. The van der Waals surface area contributed by atoms with E-state index in [1.807, 2.05) is 48.5 Å². The minimum absolute atomic E-state index is 0.365. The van der Waals surface area contributed by atoms with Gasteiger partial charge in [-0.2, -0.15) is 0 Å². The molecule has 2 heteroatoms. The molecule has 0 radical (unpaired) electrons. The van der Waals surface area contributed by atoms with Gasteiger partial charge in [-0.25, -0.2) is 0 Å². The van der Waals surface area contributed by atoms with Crippen LogP contribution in [0.5, 0.6) is 11.5 Å². The SMILES string of the molecule is CC(CC=O)Cc1cccc(Oc2ccccc2)c1. The number of ether oxygens (including phenoxy) is 1. The molecule has 19 heavy (non-hydrogen) atoms. The molecule has 0 amide bonds. The van der Waals surface area contributed by atoms with Crippen molar-refractivity contribution in [2.24, 2.45) is 5.92 Å². The molecule has 0 N–H and O–H groups in total. The second-order valence-corrected chi connectivity index (χ2v) is 4.77. The van der Waals surface area contributed by atoms with Crippen LogP contribution in [0.15, 0.2) is 54.6 Å². The largest absolute Gasteiger partial charge is 0.457 e. The lowest BCUT2D eigenvalue weighted by Crippen LogP contribution is -2.00. The number of carbonyl (C=O) groups excluding carboxylic acids is 1. The minimum atomic E-state index is 0.365. The van der Waals surface area contributed by atoms with Crippen LogP contribution in [-0.4, -0.2) is 6.29 Å². The molecular formula is C17H18O2. The standard InChI is InChI=1S/C17H18O2/c1-14(10-11-18)12-15-6-5-9-17(13-15)19-16-7-3-2-4-8-16/h2-9,11,13-14H,10,12H2,1H3. The van der Waals surface area contributed by atoms with Crippen molar-refractivity contribution in [3.63, 3.8) is 0 Å². The van der Waals surface area contributed by atoms with Crippen molar-refractivity contribution in [1.82, 2.24) is 0 Å². The third-order valence-electron chi connectivity index (χ3n) is 2.96. The lowest BCUT2D eigenvalue weighted by molar-refractivity contribution is -0.108. The van der Waals surface area contributed by atoms with Crippen LogP contribution in [0.1, 0.15) is 18.9 Å². The molecule has 0 aromatic heterocycles. The maximum Gasteiger partial charge on any atom is 0.127 e. The van der Waals surface area contributed by atoms with Crippen LogP contribution >= 0.6 is 0 Å². The first-order valence-corrected chi connectivity index (χ1v) is 6.53. The van der Waals surface area contributed by atoms with E-state index in [1.54, 1.807) is 0 Å². The molecule has 0 fully saturated rings. The lowest BCUT2D eigenvalue weighted by Gasteiger charge is -2.10. The Kier molecular flexibility index (Phi) is 4.73. The summed E-state index contributed by atoms with van der Waals surface area (Å²) >= 11 is 0. The molecule has 0 heterocycles. The summed E-state index contributed by atoms with van der Waals surface area (Å²) < 4.78 is 5.79. The molecule has 2 rings (SSSR count). The summed E-state index contributed by atoms with van der Waals surface area (Å²) in [6, 6.07) is 17.8. The van der Waals surface area contributed by atoms with Gasteiger partial charge in [0, 0.05) is 6.42 Å². The molecule has 2 aromatic rings. The first-order valence-electron chi connectivity index (χ1n) is 6.53. The molecule has 1 atom stereocenters. The highest BCUT2D eigenvalue weighted by Crippen LogP contribution is 2.23. The molecule has 0 aliphatic carbocycles. The zero-order valence-corrected chi connectivity index (χ0v) is 11.1. The summed E-state index contributed by atoms with van der Waals surface area (Å²) in [5, 5.41) is 0. The molecule has 0 bridgehead atoms. The number of para-hydroxylation sites is 1. The quantitative estimate of drug-likeness (QED) is 0.720. The third kappa shape index (κ3) is 4.25. The van der Waals surface area contributed by atoms with Gasteiger partial charge in [0.25, 0.3) is 0 Å². The monoisotopic (exact) mass is 254 g/mol. The van der Waals surface area contributed by atoms with Gasteiger partial charge in [0.05, 0.1) is 0 Å². The van der Waals surface area contributed by atoms with E-state index in [0.717, 1.165) is 24.2 Å². The molecule has 2 nitrogen and oxygen atoms in total. The van der Waals surface area contributed by atoms with Crippen LogP contribution in [0.4, 0.5) is 0 Å². The van der Waals surface area contributed by atoms with Crippen LogP contribution in [0.3, 0.4) is 0 Å². The van der Waals surface area contributed by atoms with E-state index in [0.29, 0.717) is 12.3 Å². The van der Waals surface area contributed by atoms with Crippen molar-refractivity contribution in [1.29, 1.82) is 0 Å². The van der Waals surface area contributed by atoms with Crippen molar-refractivity contribution in [3.8, 4) is 11.5 Å². The van der Waals surface area contributed by atoms with Crippen molar-refractivity contribution >= 4 is 6.29 Å². The van der Waals surface area contributed by atoms with E-state index in [2.05, 4.69) is 13.0 Å². The Labute approximate surface area is 114 Å². The Morgan fingerprint density at radius 1 is 1.05 bits per heavy atom. The Hall–Kier alpha value is -2.09. The first-order chi connectivity index (χ1) is 9.28. The second-order valence-electron chi connectivity index (χ2n) is 4.77. The minimum Gasteiger partial charge on any atom is -0.457 e. The molecule has 1 unspecified atom stereocenters. The Balaban J connectivity index is 2.05. The predicted octanol–water partition coefficient (Wildman–Crippen LogP) is 4.25. The Morgan fingerprint density at radius 2 is 1.79 bits per heavy atom. The second kappa shape index (κ2) is 6.74. The van der Waals surface area contributed by atoms with Crippen molar-refractivity contribution in [2.75, 3.05) is 0 Å². The van der Waals surface area contributed by atoms with Gasteiger partial charge in [-0.05, 0) is 42.2 Å². The number of aldehydes is 1. The van der Waals surface area contributed by atoms with E-state index >= 15 is 0 Å². The maximum atomic E-state index is 10.5. The van der Waals surface area contributed by atoms with Gasteiger partial charge in [0.2, 0.25) is 0 Å². The summed E-state index contributed by atoms with van der Waals surface area (Å²) in [6.07, 6.45) is 2.48. The number of hydrogen-bond acceptors (Lipinski definition) is 2. The van der Waals surface area contributed by atoms with Crippen LogP contribution < -0.4 is 4.74 Å². The van der Waals surface area contributed by atoms with E-state index < -0.39 is 0 Å².